The molecule has 1 aliphatic rings. The van der Waals surface area contributed by atoms with Crippen LogP contribution in [-0.2, 0) is 9.53 Å². The zero-order chi connectivity index (χ0) is 12.7. The van der Waals surface area contributed by atoms with Crippen LogP contribution in [0, 0.1) is 11.8 Å². The molecule has 0 aliphatic carbocycles. The zero-order valence-corrected chi connectivity index (χ0v) is 11.2. The Labute approximate surface area is 104 Å². The van der Waals surface area contributed by atoms with Gasteiger partial charge in [0, 0.05) is 33.2 Å². The van der Waals surface area contributed by atoms with Crippen molar-refractivity contribution < 1.29 is 9.53 Å². The van der Waals surface area contributed by atoms with E-state index in [1.54, 1.807) is 0 Å². The first-order valence-electron chi connectivity index (χ1n) is 6.65. The molecule has 1 unspecified atom stereocenters. The van der Waals surface area contributed by atoms with Gasteiger partial charge in [-0.15, -0.1) is 0 Å². The summed E-state index contributed by atoms with van der Waals surface area (Å²) in [6, 6.07) is 0. The van der Waals surface area contributed by atoms with Gasteiger partial charge in [0.2, 0.25) is 5.91 Å². The number of carbonyl (C=O) groups is 1. The number of nitrogens with zero attached hydrogens (tertiary/aromatic N) is 1. The maximum Gasteiger partial charge on any atom is 0.222 e. The van der Waals surface area contributed by atoms with E-state index in [0.29, 0.717) is 24.8 Å². The largest absolute Gasteiger partial charge is 0.381 e. The minimum absolute atomic E-state index is 0.247. The van der Waals surface area contributed by atoms with Gasteiger partial charge in [-0.3, -0.25) is 4.79 Å². The maximum atomic E-state index is 11.9. The molecule has 17 heavy (non-hydrogen) atoms. The Morgan fingerprint density at radius 1 is 1.47 bits per heavy atom. The fourth-order valence-corrected chi connectivity index (χ4v) is 2.20. The number of rotatable bonds is 6. The Hall–Kier alpha value is -0.610. The summed E-state index contributed by atoms with van der Waals surface area (Å²) < 4.78 is 5.31. The predicted octanol–water partition coefficient (Wildman–Crippen LogP) is 1.25. The number of hydrogen-bond donors (Lipinski definition) is 1. The highest BCUT2D eigenvalue weighted by molar-refractivity contribution is 5.75. The van der Waals surface area contributed by atoms with Crippen molar-refractivity contribution in [2.75, 3.05) is 33.4 Å². The summed E-state index contributed by atoms with van der Waals surface area (Å²) in [5.41, 5.74) is 5.56. The summed E-state index contributed by atoms with van der Waals surface area (Å²) >= 11 is 0. The van der Waals surface area contributed by atoms with Crippen molar-refractivity contribution in [3.8, 4) is 0 Å². The first-order valence-corrected chi connectivity index (χ1v) is 6.65. The van der Waals surface area contributed by atoms with Crippen LogP contribution in [-0.4, -0.2) is 44.2 Å². The van der Waals surface area contributed by atoms with Crippen LogP contribution in [0.3, 0.4) is 0 Å². The Balaban J connectivity index is 2.18. The normalized spacial score (nSPS) is 19.0. The first kappa shape index (κ1) is 14.5. The van der Waals surface area contributed by atoms with E-state index in [9.17, 15) is 4.79 Å². The van der Waals surface area contributed by atoms with Crippen molar-refractivity contribution in [2.24, 2.45) is 17.6 Å². The van der Waals surface area contributed by atoms with Crippen LogP contribution in [0.2, 0.25) is 0 Å². The lowest BCUT2D eigenvalue weighted by Gasteiger charge is -2.24. The number of carbonyl (C=O) groups excluding carboxylic acids is 1. The van der Waals surface area contributed by atoms with Gasteiger partial charge in [-0.2, -0.15) is 0 Å². The number of nitrogens with two attached hydrogens (primary N) is 1. The molecule has 4 heteroatoms. The minimum atomic E-state index is 0.247. The van der Waals surface area contributed by atoms with Gasteiger partial charge in [0.25, 0.3) is 0 Å². The van der Waals surface area contributed by atoms with Gasteiger partial charge < -0.3 is 15.4 Å². The third-order valence-corrected chi connectivity index (χ3v) is 3.52. The quantitative estimate of drug-likeness (QED) is 0.762. The molecule has 1 aliphatic heterocycles. The predicted molar refractivity (Wildman–Crippen MR) is 68.6 cm³/mol. The monoisotopic (exact) mass is 242 g/mol. The lowest BCUT2D eigenvalue weighted by molar-refractivity contribution is -0.130. The molecule has 0 aromatic heterocycles. The Bertz CT molecular complexity index is 227. The molecule has 0 radical (unpaired) electrons. The van der Waals surface area contributed by atoms with Gasteiger partial charge in [0.1, 0.15) is 0 Å². The van der Waals surface area contributed by atoms with Crippen molar-refractivity contribution >= 4 is 5.91 Å². The van der Waals surface area contributed by atoms with Crippen LogP contribution in [0.1, 0.15) is 32.6 Å². The van der Waals surface area contributed by atoms with Crippen molar-refractivity contribution in [3.05, 3.63) is 0 Å². The maximum absolute atomic E-state index is 11.9. The van der Waals surface area contributed by atoms with Crippen molar-refractivity contribution in [1.82, 2.24) is 4.90 Å². The van der Waals surface area contributed by atoms with Crippen molar-refractivity contribution in [3.63, 3.8) is 0 Å². The van der Waals surface area contributed by atoms with Gasteiger partial charge in [0.05, 0.1) is 0 Å². The SMILES string of the molecule is CC(CN)CN(C)C(=O)CCC1CCOCC1. The number of amides is 1. The Morgan fingerprint density at radius 2 is 2.12 bits per heavy atom. The van der Waals surface area contributed by atoms with Gasteiger partial charge >= 0.3 is 0 Å². The molecule has 0 aromatic carbocycles. The molecule has 1 rings (SSSR count). The zero-order valence-electron chi connectivity index (χ0n) is 11.2. The Kier molecular flexibility index (Phi) is 6.52. The molecule has 4 nitrogen and oxygen atoms in total. The molecule has 0 bridgehead atoms. The van der Waals surface area contributed by atoms with Crippen molar-refractivity contribution in [1.29, 1.82) is 0 Å². The van der Waals surface area contributed by atoms with E-state index in [-0.39, 0.29) is 5.91 Å². The van der Waals surface area contributed by atoms with E-state index in [1.165, 1.54) is 0 Å². The molecular weight excluding hydrogens is 216 g/mol. The average Bonchev–Trinajstić information content (AvgIpc) is 2.36. The lowest BCUT2D eigenvalue weighted by Crippen LogP contribution is -2.33. The number of hydrogen-bond acceptors (Lipinski definition) is 3. The molecule has 1 saturated heterocycles. The molecule has 1 fully saturated rings. The van der Waals surface area contributed by atoms with E-state index in [2.05, 4.69) is 6.92 Å². The van der Waals surface area contributed by atoms with E-state index in [0.717, 1.165) is 39.0 Å². The highest BCUT2D eigenvalue weighted by Gasteiger charge is 2.17. The fraction of sp³-hybridized carbons (Fsp3) is 0.923. The van der Waals surface area contributed by atoms with E-state index < -0.39 is 0 Å². The van der Waals surface area contributed by atoms with E-state index in [4.69, 9.17) is 10.5 Å². The van der Waals surface area contributed by atoms with Crippen LogP contribution in [0.4, 0.5) is 0 Å². The summed E-state index contributed by atoms with van der Waals surface area (Å²) in [5.74, 6) is 1.30. The molecule has 0 spiro atoms. The van der Waals surface area contributed by atoms with Gasteiger partial charge in [-0.05, 0) is 37.6 Å². The van der Waals surface area contributed by atoms with Crippen LogP contribution < -0.4 is 5.73 Å². The van der Waals surface area contributed by atoms with Crippen molar-refractivity contribution in [2.45, 2.75) is 32.6 Å². The number of ether oxygens (including phenoxy) is 1. The van der Waals surface area contributed by atoms with E-state index in [1.807, 2.05) is 11.9 Å². The molecule has 0 aromatic rings. The third-order valence-electron chi connectivity index (χ3n) is 3.52. The summed E-state index contributed by atoms with van der Waals surface area (Å²) in [6.07, 6.45) is 3.88. The summed E-state index contributed by atoms with van der Waals surface area (Å²) in [6.45, 7) is 5.20. The van der Waals surface area contributed by atoms with Crippen LogP contribution in [0.25, 0.3) is 0 Å². The summed E-state index contributed by atoms with van der Waals surface area (Å²) in [7, 11) is 1.87. The van der Waals surface area contributed by atoms with Gasteiger partial charge in [0.15, 0.2) is 0 Å². The molecule has 1 atom stereocenters. The Morgan fingerprint density at radius 3 is 2.71 bits per heavy atom. The smallest absolute Gasteiger partial charge is 0.222 e. The lowest BCUT2D eigenvalue weighted by atomic mass is 9.94. The highest BCUT2D eigenvalue weighted by atomic mass is 16.5. The second-order valence-electron chi connectivity index (χ2n) is 5.21. The standard InChI is InChI=1S/C13H26N2O2/c1-11(9-14)10-15(2)13(16)4-3-12-5-7-17-8-6-12/h11-12H,3-10,14H2,1-2H3. The molecule has 2 N–H and O–H groups in total. The second-order valence-corrected chi connectivity index (χ2v) is 5.21. The van der Waals surface area contributed by atoms with E-state index >= 15 is 0 Å². The van der Waals surface area contributed by atoms with Gasteiger partial charge in [-0.25, -0.2) is 0 Å². The molecule has 0 saturated carbocycles. The minimum Gasteiger partial charge on any atom is -0.381 e. The molecule has 1 amide bonds. The first-order chi connectivity index (χ1) is 8.13. The van der Waals surface area contributed by atoms with Crippen LogP contribution in [0.15, 0.2) is 0 Å². The fourth-order valence-electron chi connectivity index (χ4n) is 2.20. The molecule has 1 heterocycles. The summed E-state index contributed by atoms with van der Waals surface area (Å²) in [4.78, 5) is 13.7. The van der Waals surface area contributed by atoms with Gasteiger partial charge in [-0.1, -0.05) is 6.92 Å². The molecular formula is C13H26N2O2. The summed E-state index contributed by atoms with van der Waals surface area (Å²) in [5, 5.41) is 0. The second kappa shape index (κ2) is 7.67. The highest BCUT2D eigenvalue weighted by Crippen LogP contribution is 2.20. The third kappa shape index (κ3) is 5.50. The topological polar surface area (TPSA) is 55.6 Å². The van der Waals surface area contributed by atoms with Crippen LogP contribution in [0.5, 0.6) is 0 Å². The molecule has 100 valence electrons. The van der Waals surface area contributed by atoms with Crippen LogP contribution >= 0.6 is 0 Å². The average molecular weight is 242 g/mol.